The van der Waals surface area contributed by atoms with Crippen LogP contribution in [0.2, 0.25) is 0 Å². The van der Waals surface area contributed by atoms with E-state index in [-0.39, 0.29) is 31.3 Å². The summed E-state index contributed by atoms with van der Waals surface area (Å²) in [7, 11) is 0. The van der Waals surface area contributed by atoms with Crippen LogP contribution in [0.1, 0.15) is 32.6 Å². The van der Waals surface area contributed by atoms with E-state index in [4.69, 9.17) is 5.11 Å². The van der Waals surface area contributed by atoms with Gasteiger partial charge in [-0.15, -0.1) is 0 Å². The zero-order valence-corrected chi connectivity index (χ0v) is 8.40. The lowest BCUT2D eigenvalue weighted by Gasteiger charge is -2.26. The molecule has 0 radical (unpaired) electrons. The van der Waals surface area contributed by atoms with Gasteiger partial charge in [0, 0.05) is 5.57 Å². The summed E-state index contributed by atoms with van der Waals surface area (Å²) in [6.45, 7) is 1.45. The fourth-order valence-electron chi connectivity index (χ4n) is 1.82. The summed E-state index contributed by atoms with van der Waals surface area (Å²) in [5.74, 6) is -2.29. The van der Waals surface area contributed by atoms with E-state index in [1.807, 2.05) is 0 Å². The van der Waals surface area contributed by atoms with Gasteiger partial charge in [-0.25, -0.2) is 4.79 Å². The van der Waals surface area contributed by atoms with Crippen molar-refractivity contribution in [2.75, 3.05) is 0 Å². The Morgan fingerprint density at radius 2 is 1.80 bits per heavy atom. The van der Waals surface area contributed by atoms with Crippen molar-refractivity contribution in [1.29, 1.82) is 0 Å². The van der Waals surface area contributed by atoms with Gasteiger partial charge in [-0.3, -0.25) is 0 Å². The standard InChI is InChI=1S/C10H13F3O2/c1-6(9(14)15)7-2-4-8(5-3-7)10(11,12)13/h8H,2-5H2,1H3,(H,14,15). The molecule has 86 valence electrons. The summed E-state index contributed by atoms with van der Waals surface area (Å²) in [6.07, 6.45) is -3.60. The highest BCUT2D eigenvalue weighted by Crippen LogP contribution is 2.39. The molecule has 1 fully saturated rings. The van der Waals surface area contributed by atoms with Crippen LogP contribution in [-0.4, -0.2) is 17.3 Å². The lowest BCUT2D eigenvalue weighted by molar-refractivity contribution is -0.179. The second kappa shape index (κ2) is 4.24. The largest absolute Gasteiger partial charge is 0.478 e. The van der Waals surface area contributed by atoms with Gasteiger partial charge >= 0.3 is 12.1 Å². The Hall–Kier alpha value is -1.00. The van der Waals surface area contributed by atoms with Gasteiger partial charge in [-0.05, 0) is 32.6 Å². The molecular formula is C10H13F3O2. The Kier molecular flexibility index (Phi) is 3.42. The van der Waals surface area contributed by atoms with Crippen molar-refractivity contribution in [3.63, 3.8) is 0 Å². The number of rotatable bonds is 1. The van der Waals surface area contributed by atoms with Crippen molar-refractivity contribution in [2.45, 2.75) is 38.8 Å². The van der Waals surface area contributed by atoms with Crippen LogP contribution >= 0.6 is 0 Å². The molecule has 0 unspecified atom stereocenters. The van der Waals surface area contributed by atoms with E-state index < -0.39 is 18.1 Å². The molecule has 0 saturated heterocycles. The van der Waals surface area contributed by atoms with E-state index >= 15 is 0 Å². The van der Waals surface area contributed by atoms with Gasteiger partial charge in [0.05, 0.1) is 5.92 Å². The summed E-state index contributed by atoms with van der Waals surface area (Å²) < 4.78 is 36.9. The van der Waals surface area contributed by atoms with Crippen molar-refractivity contribution in [2.24, 2.45) is 5.92 Å². The smallest absolute Gasteiger partial charge is 0.391 e. The summed E-state index contributed by atoms with van der Waals surface area (Å²) in [5.41, 5.74) is 0.860. The lowest BCUT2D eigenvalue weighted by atomic mass is 9.83. The topological polar surface area (TPSA) is 37.3 Å². The molecule has 0 atom stereocenters. The molecule has 0 heterocycles. The van der Waals surface area contributed by atoms with E-state index in [0.29, 0.717) is 5.57 Å². The van der Waals surface area contributed by atoms with Gasteiger partial charge in [0.1, 0.15) is 0 Å². The van der Waals surface area contributed by atoms with Gasteiger partial charge in [0.2, 0.25) is 0 Å². The fraction of sp³-hybridized carbons (Fsp3) is 0.700. The maximum absolute atomic E-state index is 12.3. The molecule has 1 N–H and O–H groups in total. The first kappa shape index (κ1) is 12.1. The number of aliphatic carboxylic acids is 1. The second-order valence-electron chi connectivity index (χ2n) is 3.85. The number of allylic oxidation sites excluding steroid dienone is 1. The molecule has 0 amide bonds. The Balaban J connectivity index is 2.64. The Morgan fingerprint density at radius 3 is 2.13 bits per heavy atom. The number of halogens is 3. The Labute approximate surface area is 85.8 Å². The molecule has 5 heteroatoms. The predicted molar refractivity (Wildman–Crippen MR) is 48.3 cm³/mol. The lowest BCUT2D eigenvalue weighted by Crippen LogP contribution is -2.26. The molecular weight excluding hydrogens is 209 g/mol. The molecule has 0 bridgehead atoms. The number of hydrogen-bond donors (Lipinski definition) is 1. The van der Waals surface area contributed by atoms with Gasteiger partial charge in [0.15, 0.2) is 0 Å². The van der Waals surface area contributed by atoms with Crippen LogP contribution in [0.25, 0.3) is 0 Å². The quantitative estimate of drug-likeness (QED) is 0.692. The predicted octanol–water partition coefficient (Wildman–Crippen LogP) is 3.14. The van der Waals surface area contributed by atoms with Crippen molar-refractivity contribution in [3.05, 3.63) is 11.1 Å². The number of carboxylic acids is 1. The first-order valence-electron chi connectivity index (χ1n) is 4.81. The molecule has 0 spiro atoms. The molecule has 1 aliphatic rings. The Morgan fingerprint density at radius 1 is 1.33 bits per heavy atom. The minimum absolute atomic E-state index is 0.0173. The maximum Gasteiger partial charge on any atom is 0.391 e. The summed E-state index contributed by atoms with van der Waals surface area (Å²) in [4.78, 5) is 10.6. The van der Waals surface area contributed by atoms with Crippen LogP contribution in [0.3, 0.4) is 0 Å². The van der Waals surface area contributed by atoms with E-state index in [9.17, 15) is 18.0 Å². The third kappa shape index (κ3) is 2.97. The molecule has 1 saturated carbocycles. The maximum atomic E-state index is 12.3. The van der Waals surface area contributed by atoms with E-state index in [0.717, 1.165) is 0 Å². The zero-order valence-electron chi connectivity index (χ0n) is 8.40. The molecule has 1 aliphatic carbocycles. The SMILES string of the molecule is CC(C(=O)O)=C1CCC(C(F)(F)F)CC1. The van der Waals surface area contributed by atoms with Gasteiger partial charge in [0.25, 0.3) is 0 Å². The minimum Gasteiger partial charge on any atom is -0.478 e. The number of carboxylic acid groups (broad SMARTS) is 1. The average Bonchev–Trinajstić information content (AvgIpc) is 2.15. The minimum atomic E-state index is -4.14. The van der Waals surface area contributed by atoms with Gasteiger partial charge < -0.3 is 5.11 Å². The normalized spacial score (nSPS) is 22.7. The average molecular weight is 222 g/mol. The molecule has 1 rings (SSSR count). The van der Waals surface area contributed by atoms with Gasteiger partial charge in [-0.1, -0.05) is 5.57 Å². The van der Waals surface area contributed by atoms with Crippen LogP contribution in [0, 0.1) is 5.92 Å². The highest BCUT2D eigenvalue weighted by Gasteiger charge is 2.40. The van der Waals surface area contributed by atoms with Crippen LogP contribution in [-0.2, 0) is 4.79 Å². The molecule has 15 heavy (non-hydrogen) atoms. The summed E-state index contributed by atoms with van der Waals surface area (Å²) in [5, 5.41) is 8.68. The zero-order chi connectivity index (χ0) is 11.6. The van der Waals surface area contributed by atoms with Crippen molar-refractivity contribution in [1.82, 2.24) is 0 Å². The number of alkyl halides is 3. The summed E-state index contributed by atoms with van der Waals surface area (Å²) >= 11 is 0. The third-order valence-electron chi connectivity index (χ3n) is 2.90. The molecule has 0 aliphatic heterocycles. The molecule has 2 nitrogen and oxygen atoms in total. The highest BCUT2D eigenvalue weighted by atomic mass is 19.4. The van der Waals surface area contributed by atoms with Crippen molar-refractivity contribution >= 4 is 5.97 Å². The van der Waals surface area contributed by atoms with Crippen LogP contribution < -0.4 is 0 Å². The summed E-state index contributed by atoms with van der Waals surface area (Å²) in [6, 6.07) is 0. The highest BCUT2D eigenvalue weighted by molar-refractivity contribution is 5.86. The van der Waals surface area contributed by atoms with Crippen molar-refractivity contribution < 1.29 is 23.1 Å². The molecule has 0 aromatic rings. The number of hydrogen-bond acceptors (Lipinski definition) is 1. The van der Waals surface area contributed by atoms with E-state index in [1.54, 1.807) is 0 Å². The van der Waals surface area contributed by atoms with Gasteiger partial charge in [-0.2, -0.15) is 13.2 Å². The first-order chi connectivity index (χ1) is 6.82. The van der Waals surface area contributed by atoms with E-state index in [2.05, 4.69) is 0 Å². The van der Waals surface area contributed by atoms with Crippen LogP contribution in [0.5, 0.6) is 0 Å². The van der Waals surface area contributed by atoms with Crippen LogP contribution in [0.15, 0.2) is 11.1 Å². The molecule has 0 aromatic heterocycles. The monoisotopic (exact) mass is 222 g/mol. The Bertz CT molecular complexity index is 282. The molecule has 0 aromatic carbocycles. The first-order valence-corrected chi connectivity index (χ1v) is 4.81. The third-order valence-corrected chi connectivity index (χ3v) is 2.90. The number of carbonyl (C=O) groups is 1. The van der Waals surface area contributed by atoms with Crippen LogP contribution in [0.4, 0.5) is 13.2 Å². The fourth-order valence-corrected chi connectivity index (χ4v) is 1.82. The van der Waals surface area contributed by atoms with E-state index in [1.165, 1.54) is 6.92 Å². The second-order valence-corrected chi connectivity index (χ2v) is 3.85. The van der Waals surface area contributed by atoms with Crippen molar-refractivity contribution in [3.8, 4) is 0 Å².